The van der Waals surface area contributed by atoms with Crippen molar-refractivity contribution in [1.29, 1.82) is 0 Å². The van der Waals surface area contributed by atoms with E-state index < -0.39 is 23.8 Å². The number of esters is 1. The van der Waals surface area contributed by atoms with Crippen LogP contribution in [0.1, 0.15) is 15.9 Å². The van der Waals surface area contributed by atoms with Gasteiger partial charge < -0.3 is 9.47 Å². The van der Waals surface area contributed by atoms with E-state index >= 15 is 0 Å². The Balaban J connectivity index is 1.95. The summed E-state index contributed by atoms with van der Waals surface area (Å²) in [4.78, 5) is 49.6. The first-order chi connectivity index (χ1) is 13.4. The van der Waals surface area contributed by atoms with E-state index in [0.29, 0.717) is 11.3 Å². The third kappa shape index (κ3) is 3.61. The number of hydrogen-bond donors (Lipinski definition) is 1. The monoisotopic (exact) mass is 380 g/mol. The normalized spacial score (nSPS) is 15.4. The fourth-order valence-corrected chi connectivity index (χ4v) is 2.65. The average Bonchev–Trinajstić information content (AvgIpc) is 2.71. The van der Waals surface area contributed by atoms with Gasteiger partial charge in [0.05, 0.1) is 25.5 Å². The van der Waals surface area contributed by atoms with E-state index in [1.807, 2.05) is 0 Å². The number of carbonyl (C=O) groups is 4. The molecule has 1 fully saturated rings. The van der Waals surface area contributed by atoms with Crippen LogP contribution in [-0.4, -0.2) is 38.0 Å². The summed E-state index contributed by atoms with van der Waals surface area (Å²) in [6.45, 7) is 0. The molecule has 0 aromatic heterocycles. The summed E-state index contributed by atoms with van der Waals surface area (Å²) in [5.74, 6) is -1.55. The number of urea groups is 1. The van der Waals surface area contributed by atoms with Gasteiger partial charge in [0.2, 0.25) is 0 Å². The van der Waals surface area contributed by atoms with Crippen molar-refractivity contribution < 1.29 is 28.7 Å². The molecule has 0 bridgehead atoms. The van der Waals surface area contributed by atoms with Crippen molar-refractivity contribution in [2.24, 2.45) is 0 Å². The van der Waals surface area contributed by atoms with Crippen LogP contribution in [0.4, 0.5) is 10.5 Å². The third-order valence-electron chi connectivity index (χ3n) is 4.05. The lowest BCUT2D eigenvalue weighted by molar-refractivity contribution is -0.122. The van der Waals surface area contributed by atoms with Crippen molar-refractivity contribution in [2.75, 3.05) is 19.1 Å². The van der Waals surface area contributed by atoms with Gasteiger partial charge in [-0.3, -0.25) is 14.9 Å². The second-order valence-corrected chi connectivity index (χ2v) is 5.77. The zero-order chi connectivity index (χ0) is 20.3. The maximum atomic E-state index is 12.8. The molecule has 4 amide bonds. The van der Waals surface area contributed by atoms with E-state index in [4.69, 9.17) is 4.74 Å². The summed E-state index contributed by atoms with van der Waals surface area (Å²) in [7, 11) is 2.75. The third-order valence-corrected chi connectivity index (χ3v) is 4.05. The Morgan fingerprint density at radius 3 is 2.39 bits per heavy atom. The maximum Gasteiger partial charge on any atom is 0.337 e. The number of imide groups is 2. The quantitative estimate of drug-likeness (QED) is 0.495. The molecule has 0 unspecified atom stereocenters. The smallest absolute Gasteiger partial charge is 0.337 e. The number of anilines is 1. The summed E-state index contributed by atoms with van der Waals surface area (Å²) in [5.41, 5.74) is 0.830. The summed E-state index contributed by atoms with van der Waals surface area (Å²) < 4.78 is 9.75. The highest BCUT2D eigenvalue weighted by molar-refractivity contribution is 6.39. The van der Waals surface area contributed by atoms with Gasteiger partial charge in [0, 0.05) is 0 Å². The molecule has 1 N–H and O–H groups in total. The average molecular weight is 380 g/mol. The number of nitrogens with zero attached hydrogens (tertiary/aromatic N) is 1. The first kappa shape index (κ1) is 18.8. The van der Waals surface area contributed by atoms with Gasteiger partial charge in [-0.25, -0.2) is 14.5 Å². The molecule has 0 spiro atoms. The summed E-state index contributed by atoms with van der Waals surface area (Å²) in [5, 5.41) is 2.14. The molecular formula is C20H16N2O6. The minimum Gasteiger partial charge on any atom is -0.497 e. The van der Waals surface area contributed by atoms with Gasteiger partial charge in [0.15, 0.2) is 0 Å². The molecule has 1 aliphatic rings. The van der Waals surface area contributed by atoms with Crippen LogP contribution in [0.3, 0.4) is 0 Å². The lowest BCUT2D eigenvalue weighted by atomic mass is 10.1. The second-order valence-electron chi connectivity index (χ2n) is 5.77. The first-order valence-corrected chi connectivity index (χ1v) is 8.18. The van der Waals surface area contributed by atoms with Crippen molar-refractivity contribution in [3.05, 3.63) is 65.2 Å². The topological polar surface area (TPSA) is 102 Å². The molecule has 28 heavy (non-hydrogen) atoms. The van der Waals surface area contributed by atoms with E-state index in [2.05, 4.69) is 10.1 Å². The SMILES string of the molecule is COC(=O)c1ccc(N2C(=O)NC(=O)/C(=C\c3cccc(OC)c3)C2=O)cc1. The Labute approximate surface area is 160 Å². The van der Waals surface area contributed by atoms with Crippen molar-refractivity contribution in [3.63, 3.8) is 0 Å². The van der Waals surface area contributed by atoms with E-state index in [1.54, 1.807) is 24.3 Å². The molecule has 3 rings (SSSR count). The van der Waals surface area contributed by atoms with Crippen molar-refractivity contribution >= 4 is 35.6 Å². The fourth-order valence-electron chi connectivity index (χ4n) is 2.65. The molecule has 1 heterocycles. The number of rotatable bonds is 4. The van der Waals surface area contributed by atoms with Crippen LogP contribution in [0.5, 0.6) is 5.75 Å². The van der Waals surface area contributed by atoms with Crippen LogP contribution in [-0.2, 0) is 14.3 Å². The highest BCUT2D eigenvalue weighted by Gasteiger charge is 2.36. The molecule has 8 heteroatoms. The first-order valence-electron chi connectivity index (χ1n) is 8.18. The van der Waals surface area contributed by atoms with Gasteiger partial charge in [0.1, 0.15) is 11.3 Å². The number of benzene rings is 2. The number of methoxy groups -OCH3 is 2. The summed E-state index contributed by atoms with van der Waals surface area (Å²) in [6, 6.07) is 11.6. The molecule has 2 aromatic carbocycles. The van der Waals surface area contributed by atoms with Crippen LogP contribution in [0.25, 0.3) is 6.08 Å². The Kier molecular flexibility index (Phi) is 5.21. The summed E-state index contributed by atoms with van der Waals surface area (Å²) in [6.07, 6.45) is 1.38. The van der Waals surface area contributed by atoms with Crippen LogP contribution in [0.15, 0.2) is 54.1 Å². The van der Waals surface area contributed by atoms with Gasteiger partial charge in [-0.1, -0.05) is 12.1 Å². The van der Waals surface area contributed by atoms with Gasteiger partial charge in [0.25, 0.3) is 11.8 Å². The molecule has 0 saturated carbocycles. The van der Waals surface area contributed by atoms with Crippen molar-refractivity contribution in [1.82, 2.24) is 5.32 Å². The number of amides is 4. The van der Waals surface area contributed by atoms with Crippen LogP contribution >= 0.6 is 0 Å². The van der Waals surface area contributed by atoms with Crippen molar-refractivity contribution in [3.8, 4) is 5.75 Å². The van der Waals surface area contributed by atoms with Crippen molar-refractivity contribution in [2.45, 2.75) is 0 Å². The number of carbonyl (C=O) groups excluding carboxylic acids is 4. The zero-order valence-electron chi connectivity index (χ0n) is 15.1. The minimum absolute atomic E-state index is 0.204. The fraction of sp³-hybridized carbons (Fsp3) is 0.100. The highest BCUT2D eigenvalue weighted by atomic mass is 16.5. The molecule has 1 saturated heterocycles. The van der Waals surface area contributed by atoms with Crippen LogP contribution in [0.2, 0.25) is 0 Å². The molecule has 1 aliphatic heterocycles. The second kappa shape index (κ2) is 7.75. The molecule has 0 radical (unpaired) electrons. The van der Waals surface area contributed by atoms with E-state index in [0.717, 1.165) is 4.90 Å². The predicted molar refractivity (Wildman–Crippen MR) is 99.8 cm³/mol. The summed E-state index contributed by atoms with van der Waals surface area (Å²) >= 11 is 0. The standard InChI is InChI=1S/C20H16N2O6/c1-27-15-5-3-4-12(10-15)11-16-17(23)21-20(26)22(18(16)24)14-8-6-13(7-9-14)19(25)28-2/h3-11H,1-2H3,(H,21,23,26)/b16-11+. The van der Waals surface area contributed by atoms with Gasteiger partial charge in [-0.15, -0.1) is 0 Å². The molecule has 142 valence electrons. The zero-order valence-corrected chi connectivity index (χ0v) is 15.1. The molecular weight excluding hydrogens is 364 g/mol. The number of nitrogens with one attached hydrogen (secondary N) is 1. The largest absolute Gasteiger partial charge is 0.497 e. The van der Waals surface area contributed by atoms with E-state index in [-0.39, 0.29) is 16.8 Å². The molecule has 8 nitrogen and oxygen atoms in total. The van der Waals surface area contributed by atoms with Gasteiger partial charge in [-0.2, -0.15) is 0 Å². The Morgan fingerprint density at radius 1 is 1.04 bits per heavy atom. The molecule has 0 atom stereocenters. The Hall–Kier alpha value is -3.94. The Bertz CT molecular complexity index is 994. The minimum atomic E-state index is -0.872. The highest BCUT2D eigenvalue weighted by Crippen LogP contribution is 2.23. The maximum absolute atomic E-state index is 12.8. The predicted octanol–water partition coefficient (Wildman–Crippen LogP) is 2.15. The number of barbiturate groups is 1. The van der Waals surface area contributed by atoms with Gasteiger partial charge in [-0.05, 0) is 48.0 Å². The number of hydrogen-bond acceptors (Lipinski definition) is 6. The lowest BCUT2D eigenvalue weighted by Crippen LogP contribution is -2.54. The van der Waals surface area contributed by atoms with Crippen LogP contribution in [0, 0.1) is 0 Å². The number of ether oxygens (including phenoxy) is 2. The van der Waals surface area contributed by atoms with E-state index in [9.17, 15) is 19.2 Å². The molecule has 0 aliphatic carbocycles. The molecule has 2 aromatic rings. The lowest BCUT2D eigenvalue weighted by Gasteiger charge is -2.26. The Morgan fingerprint density at radius 2 is 1.75 bits per heavy atom. The van der Waals surface area contributed by atoms with E-state index in [1.165, 1.54) is 44.6 Å². The van der Waals surface area contributed by atoms with Crippen LogP contribution < -0.4 is 15.0 Å². The van der Waals surface area contributed by atoms with Gasteiger partial charge >= 0.3 is 12.0 Å².